The summed E-state index contributed by atoms with van der Waals surface area (Å²) in [7, 11) is -3.55. The number of rotatable bonds is 6. The third-order valence-corrected chi connectivity index (χ3v) is 6.48. The minimum Gasteiger partial charge on any atom is -0.284 e. The molecular weight excluding hydrogens is 533 g/mol. The number of nitrogens with one attached hydrogen (secondary N) is 1. The number of alkyl halides is 3. The predicted molar refractivity (Wildman–Crippen MR) is 140 cm³/mol. The van der Waals surface area contributed by atoms with Crippen molar-refractivity contribution in [3.05, 3.63) is 100 Å². The Morgan fingerprint density at radius 1 is 0.974 bits per heavy atom. The minimum atomic E-state index is -4.58. The van der Waals surface area contributed by atoms with E-state index in [1.165, 1.54) is 12.3 Å². The fourth-order valence-electron chi connectivity index (χ4n) is 4.11. The van der Waals surface area contributed by atoms with E-state index in [1.54, 1.807) is 24.3 Å². The Morgan fingerprint density at radius 3 is 2.36 bits per heavy atom. The smallest absolute Gasteiger partial charge is 0.284 e. The fourth-order valence-corrected chi connectivity index (χ4v) is 4.67. The molecule has 2 aromatic carbocycles. The molecule has 0 aliphatic rings. The number of aryl methyl sites for hydroxylation is 1. The molecule has 39 heavy (non-hydrogen) atoms. The Balaban J connectivity index is 1.67. The van der Waals surface area contributed by atoms with Crippen LogP contribution in [0.15, 0.2) is 77.9 Å². The summed E-state index contributed by atoms with van der Waals surface area (Å²) in [6.45, 7) is 1.81. The van der Waals surface area contributed by atoms with Gasteiger partial charge < -0.3 is 0 Å². The van der Waals surface area contributed by atoms with Gasteiger partial charge in [-0.3, -0.25) is 9.71 Å². The SMILES string of the molecule is Cc1ccc(-c2cnn3c(=O)n(Cc4ccc(C(F)(F)F)nc4)nc3c2-c2cccc(NS(C)(=O)=O)c2)cc1. The van der Waals surface area contributed by atoms with E-state index in [1.807, 2.05) is 31.2 Å². The summed E-state index contributed by atoms with van der Waals surface area (Å²) in [6, 6.07) is 16.4. The van der Waals surface area contributed by atoms with E-state index in [-0.39, 0.29) is 12.2 Å². The molecule has 5 rings (SSSR count). The minimum absolute atomic E-state index is 0.137. The molecule has 0 saturated heterocycles. The first-order valence-corrected chi connectivity index (χ1v) is 13.4. The first kappa shape index (κ1) is 26.1. The van der Waals surface area contributed by atoms with Gasteiger partial charge in [0.1, 0.15) is 5.69 Å². The van der Waals surface area contributed by atoms with Gasteiger partial charge in [-0.05, 0) is 41.8 Å². The van der Waals surface area contributed by atoms with Gasteiger partial charge in [0.05, 0.1) is 19.0 Å². The fraction of sp³-hybridized carbons (Fsp3) is 0.154. The van der Waals surface area contributed by atoms with Crippen LogP contribution in [0, 0.1) is 6.92 Å². The average Bonchev–Trinajstić information content (AvgIpc) is 3.18. The molecule has 0 amide bonds. The van der Waals surface area contributed by atoms with Crippen LogP contribution in [0.4, 0.5) is 18.9 Å². The zero-order valence-electron chi connectivity index (χ0n) is 20.6. The summed E-state index contributed by atoms with van der Waals surface area (Å²) in [5, 5.41) is 8.78. The Labute approximate surface area is 220 Å². The monoisotopic (exact) mass is 554 g/mol. The zero-order chi connectivity index (χ0) is 27.9. The molecule has 0 radical (unpaired) electrons. The molecule has 0 aliphatic heterocycles. The first-order valence-electron chi connectivity index (χ1n) is 11.6. The van der Waals surface area contributed by atoms with E-state index in [4.69, 9.17) is 0 Å². The molecule has 9 nitrogen and oxygen atoms in total. The van der Waals surface area contributed by atoms with Gasteiger partial charge in [-0.1, -0.05) is 48.0 Å². The Bertz CT molecular complexity index is 1850. The third kappa shape index (κ3) is 5.53. The number of aromatic nitrogens is 5. The van der Waals surface area contributed by atoms with E-state index in [0.29, 0.717) is 27.9 Å². The van der Waals surface area contributed by atoms with Crippen molar-refractivity contribution in [1.82, 2.24) is 24.4 Å². The van der Waals surface area contributed by atoms with Gasteiger partial charge in [0, 0.05) is 23.0 Å². The van der Waals surface area contributed by atoms with Gasteiger partial charge in [-0.15, -0.1) is 5.10 Å². The van der Waals surface area contributed by atoms with Gasteiger partial charge in [0.15, 0.2) is 5.65 Å². The van der Waals surface area contributed by atoms with Crippen molar-refractivity contribution in [2.24, 2.45) is 0 Å². The number of pyridine rings is 1. The van der Waals surface area contributed by atoms with Crippen molar-refractivity contribution in [3.63, 3.8) is 0 Å². The Morgan fingerprint density at radius 2 is 1.72 bits per heavy atom. The van der Waals surface area contributed by atoms with Crippen LogP contribution < -0.4 is 10.4 Å². The van der Waals surface area contributed by atoms with E-state index < -0.39 is 27.6 Å². The van der Waals surface area contributed by atoms with Crippen LogP contribution in [0.3, 0.4) is 0 Å². The molecule has 200 valence electrons. The Kier molecular flexibility index (Phi) is 6.46. The van der Waals surface area contributed by atoms with Crippen molar-refractivity contribution in [2.45, 2.75) is 19.6 Å². The third-order valence-electron chi connectivity index (χ3n) is 5.88. The number of nitrogens with zero attached hydrogens (tertiary/aromatic N) is 5. The highest BCUT2D eigenvalue weighted by Crippen LogP contribution is 2.35. The number of halogens is 3. The lowest BCUT2D eigenvalue weighted by atomic mass is 9.96. The second-order valence-electron chi connectivity index (χ2n) is 8.98. The number of hydrogen-bond acceptors (Lipinski definition) is 6. The highest BCUT2D eigenvalue weighted by atomic mass is 32.2. The van der Waals surface area contributed by atoms with E-state index in [9.17, 15) is 26.4 Å². The number of sulfonamides is 1. The van der Waals surface area contributed by atoms with Gasteiger partial charge in [-0.2, -0.15) is 22.8 Å². The molecule has 0 saturated carbocycles. The largest absolute Gasteiger partial charge is 0.433 e. The molecule has 0 aliphatic carbocycles. The topological polar surface area (TPSA) is 111 Å². The van der Waals surface area contributed by atoms with Crippen molar-refractivity contribution in [2.75, 3.05) is 11.0 Å². The van der Waals surface area contributed by atoms with Crippen molar-refractivity contribution >= 4 is 21.4 Å². The molecule has 0 spiro atoms. The molecule has 3 aromatic heterocycles. The maximum Gasteiger partial charge on any atom is 0.433 e. The Hall–Kier alpha value is -4.52. The summed E-state index contributed by atoms with van der Waals surface area (Å²) < 4.78 is 67.0. The lowest BCUT2D eigenvalue weighted by Gasteiger charge is -2.12. The molecule has 0 bridgehead atoms. The first-order chi connectivity index (χ1) is 18.4. The highest BCUT2D eigenvalue weighted by molar-refractivity contribution is 7.92. The van der Waals surface area contributed by atoms with E-state index >= 15 is 0 Å². The number of anilines is 1. The van der Waals surface area contributed by atoms with Crippen LogP contribution in [0.1, 0.15) is 16.8 Å². The summed E-state index contributed by atoms with van der Waals surface area (Å²) in [5.74, 6) is 0. The summed E-state index contributed by atoms with van der Waals surface area (Å²) in [4.78, 5) is 16.6. The maximum atomic E-state index is 13.2. The van der Waals surface area contributed by atoms with Crippen molar-refractivity contribution in [1.29, 1.82) is 0 Å². The van der Waals surface area contributed by atoms with Gasteiger partial charge in [0.25, 0.3) is 0 Å². The molecule has 13 heteroatoms. The normalized spacial score (nSPS) is 12.1. The second kappa shape index (κ2) is 9.66. The van der Waals surface area contributed by atoms with Crippen LogP contribution >= 0.6 is 0 Å². The molecular formula is C26H21F3N6O3S. The van der Waals surface area contributed by atoms with Gasteiger partial charge in [-0.25, -0.2) is 17.9 Å². The highest BCUT2D eigenvalue weighted by Gasteiger charge is 2.32. The van der Waals surface area contributed by atoms with E-state index in [2.05, 4.69) is 19.9 Å². The van der Waals surface area contributed by atoms with Crippen LogP contribution in [-0.4, -0.2) is 39.1 Å². The maximum absolute atomic E-state index is 13.2. The molecule has 0 unspecified atom stereocenters. The van der Waals surface area contributed by atoms with Gasteiger partial charge >= 0.3 is 11.9 Å². The summed E-state index contributed by atoms with van der Waals surface area (Å²) in [6.07, 6.45) is -0.966. The van der Waals surface area contributed by atoms with Crippen LogP contribution in [-0.2, 0) is 22.7 Å². The molecule has 1 N–H and O–H groups in total. The molecule has 0 fully saturated rings. The van der Waals surface area contributed by atoms with Crippen LogP contribution in [0.25, 0.3) is 27.9 Å². The molecule has 0 atom stereocenters. The average molecular weight is 555 g/mol. The van der Waals surface area contributed by atoms with Crippen LogP contribution in [0.2, 0.25) is 0 Å². The lowest BCUT2D eigenvalue weighted by Crippen LogP contribution is -2.23. The van der Waals surface area contributed by atoms with Crippen molar-refractivity contribution in [3.8, 4) is 22.3 Å². The van der Waals surface area contributed by atoms with E-state index in [0.717, 1.165) is 38.8 Å². The standard InChI is InChI=1S/C26H21F3N6O3S/c1-16-6-9-18(10-7-16)21-14-31-35-24(23(21)19-4-3-5-20(12-19)33-39(2,37)38)32-34(25(35)36)15-17-8-11-22(30-13-17)26(27,28)29/h3-14,33H,15H2,1-2H3. The second-order valence-corrected chi connectivity index (χ2v) is 10.7. The summed E-state index contributed by atoms with van der Waals surface area (Å²) >= 11 is 0. The number of benzene rings is 2. The number of fused-ring (bicyclic) bond motifs is 1. The molecule has 5 aromatic rings. The lowest BCUT2D eigenvalue weighted by molar-refractivity contribution is -0.141. The van der Waals surface area contributed by atoms with Crippen LogP contribution in [0.5, 0.6) is 0 Å². The number of hydrogen-bond donors (Lipinski definition) is 1. The quantitative estimate of drug-likeness (QED) is 0.334. The van der Waals surface area contributed by atoms with Gasteiger partial charge in [0.2, 0.25) is 10.0 Å². The summed E-state index contributed by atoms with van der Waals surface area (Å²) in [5.41, 5.74) is 2.77. The van der Waals surface area contributed by atoms with Crippen molar-refractivity contribution < 1.29 is 21.6 Å². The zero-order valence-corrected chi connectivity index (χ0v) is 21.5. The molecule has 3 heterocycles. The predicted octanol–water partition coefficient (Wildman–Crippen LogP) is 4.37.